The molecule has 0 aromatic rings. The molecule has 2 amide bonds. The van der Waals surface area contributed by atoms with Gasteiger partial charge in [0.25, 0.3) is 0 Å². The molecule has 0 saturated heterocycles. The molecule has 0 aromatic heterocycles. The number of carboxylic acids is 1. The minimum Gasteiger partial charge on any atom is -0.480 e. The number of carboxylic acid groups (broad SMARTS) is 1. The molecule has 0 aliphatic carbocycles. The van der Waals surface area contributed by atoms with E-state index in [0.29, 0.717) is 0 Å². The Balaban J connectivity index is 4.42. The van der Waals surface area contributed by atoms with Crippen molar-refractivity contribution in [3.8, 4) is 0 Å². The van der Waals surface area contributed by atoms with Crippen molar-refractivity contribution in [1.29, 1.82) is 0 Å². The summed E-state index contributed by atoms with van der Waals surface area (Å²) in [4.78, 5) is 22.7. The zero-order chi connectivity index (χ0) is 15.1. The van der Waals surface area contributed by atoms with Crippen LogP contribution in [0.2, 0.25) is 0 Å². The van der Waals surface area contributed by atoms with Crippen LogP contribution in [0.25, 0.3) is 0 Å². The Morgan fingerprint density at radius 1 is 1.16 bits per heavy atom. The van der Waals surface area contributed by atoms with Gasteiger partial charge >= 0.3 is 12.0 Å². The molecule has 0 rings (SSSR count). The Hall–Kier alpha value is -1.31. The van der Waals surface area contributed by atoms with E-state index >= 15 is 0 Å². The Morgan fingerprint density at radius 3 is 2.05 bits per heavy atom. The van der Waals surface area contributed by atoms with Crippen LogP contribution in [0.3, 0.4) is 0 Å². The number of carbonyl (C=O) groups excluding carboxylic acids is 1. The van der Waals surface area contributed by atoms with Gasteiger partial charge in [-0.15, -0.1) is 0 Å². The van der Waals surface area contributed by atoms with Crippen LogP contribution in [-0.4, -0.2) is 49.1 Å². The van der Waals surface area contributed by atoms with Crippen molar-refractivity contribution in [2.75, 3.05) is 18.1 Å². The Kier molecular flexibility index (Phi) is 6.82. The van der Waals surface area contributed by atoms with Gasteiger partial charge in [0.15, 0.2) is 9.84 Å². The second-order valence-corrected chi connectivity index (χ2v) is 6.68. The maximum atomic E-state index is 11.6. The summed E-state index contributed by atoms with van der Waals surface area (Å²) in [6, 6.07) is -0.669. The van der Waals surface area contributed by atoms with E-state index in [-0.39, 0.29) is 30.9 Å². The fraction of sp³-hybridized carbons (Fsp3) is 0.818. The summed E-state index contributed by atoms with van der Waals surface area (Å²) in [6.45, 7) is 4.82. The van der Waals surface area contributed by atoms with Gasteiger partial charge in [0.2, 0.25) is 0 Å². The quantitative estimate of drug-likeness (QED) is 0.598. The number of rotatable bonds is 8. The molecule has 0 bridgehead atoms. The lowest BCUT2D eigenvalue weighted by atomic mass is 9.93. The first-order valence-electron chi connectivity index (χ1n) is 6.22. The van der Waals surface area contributed by atoms with Crippen LogP contribution in [0.5, 0.6) is 0 Å². The summed E-state index contributed by atoms with van der Waals surface area (Å²) in [5.74, 6) is -1.25. The summed E-state index contributed by atoms with van der Waals surface area (Å²) in [6.07, 6.45) is 0.499. The van der Waals surface area contributed by atoms with Gasteiger partial charge in [-0.25, -0.2) is 18.0 Å². The van der Waals surface area contributed by atoms with E-state index in [4.69, 9.17) is 5.11 Å². The van der Waals surface area contributed by atoms with Gasteiger partial charge in [0.1, 0.15) is 5.54 Å². The van der Waals surface area contributed by atoms with E-state index in [1.54, 1.807) is 13.8 Å². The minimum atomic E-state index is -3.15. The third-order valence-corrected chi connectivity index (χ3v) is 4.81. The Bertz CT molecular complexity index is 415. The van der Waals surface area contributed by atoms with Crippen molar-refractivity contribution >= 4 is 21.8 Å². The molecular formula is C11H22N2O5S. The number of nitrogens with one attached hydrogen (secondary N) is 2. The lowest BCUT2D eigenvalue weighted by Crippen LogP contribution is -2.56. The van der Waals surface area contributed by atoms with Gasteiger partial charge in [-0.1, -0.05) is 20.8 Å². The number of carbonyl (C=O) groups is 2. The van der Waals surface area contributed by atoms with Gasteiger partial charge in [-0.3, -0.25) is 0 Å². The van der Waals surface area contributed by atoms with Crippen molar-refractivity contribution in [1.82, 2.24) is 10.6 Å². The van der Waals surface area contributed by atoms with Crippen LogP contribution in [0.1, 0.15) is 33.6 Å². The van der Waals surface area contributed by atoms with E-state index in [0.717, 1.165) is 0 Å². The third-order valence-electron chi connectivity index (χ3n) is 3.11. The summed E-state index contributed by atoms with van der Waals surface area (Å²) in [5, 5.41) is 13.9. The molecule has 7 nitrogen and oxygen atoms in total. The number of aliphatic carboxylic acids is 1. The van der Waals surface area contributed by atoms with Crippen LogP contribution < -0.4 is 10.6 Å². The number of hydrogen-bond donors (Lipinski definition) is 3. The molecule has 0 saturated carbocycles. The maximum absolute atomic E-state index is 11.6. The number of amides is 2. The third kappa shape index (κ3) is 5.46. The highest BCUT2D eigenvalue weighted by Crippen LogP contribution is 2.14. The molecule has 0 fully saturated rings. The maximum Gasteiger partial charge on any atom is 0.329 e. The van der Waals surface area contributed by atoms with Gasteiger partial charge in [0.05, 0.1) is 5.75 Å². The number of hydrogen-bond acceptors (Lipinski definition) is 4. The second kappa shape index (κ2) is 7.32. The molecule has 0 aliphatic heterocycles. The first-order chi connectivity index (χ1) is 8.73. The first-order valence-corrected chi connectivity index (χ1v) is 8.05. The molecule has 19 heavy (non-hydrogen) atoms. The molecule has 0 aromatic carbocycles. The highest BCUT2D eigenvalue weighted by Gasteiger charge is 2.36. The molecular weight excluding hydrogens is 272 g/mol. The van der Waals surface area contributed by atoms with Gasteiger partial charge < -0.3 is 15.7 Å². The fourth-order valence-electron chi connectivity index (χ4n) is 1.51. The summed E-state index contributed by atoms with van der Waals surface area (Å²) in [7, 11) is -3.15. The van der Waals surface area contributed by atoms with Gasteiger partial charge in [0, 0.05) is 12.3 Å². The lowest BCUT2D eigenvalue weighted by molar-refractivity contribution is -0.144. The Labute approximate surface area is 113 Å². The van der Waals surface area contributed by atoms with Crippen molar-refractivity contribution in [2.24, 2.45) is 0 Å². The van der Waals surface area contributed by atoms with E-state index < -0.39 is 27.4 Å². The smallest absolute Gasteiger partial charge is 0.329 e. The van der Waals surface area contributed by atoms with Crippen molar-refractivity contribution in [3.63, 3.8) is 0 Å². The highest BCUT2D eigenvalue weighted by atomic mass is 32.2. The van der Waals surface area contributed by atoms with Crippen LogP contribution >= 0.6 is 0 Å². The van der Waals surface area contributed by atoms with Crippen LogP contribution in [0.15, 0.2) is 0 Å². The largest absolute Gasteiger partial charge is 0.480 e. The van der Waals surface area contributed by atoms with Crippen molar-refractivity contribution in [3.05, 3.63) is 0 Å². The molecule has 0 unspecified atom stereocenters. The number of urea groups is 1. The standard InChI is InChI=1S/C11H22N2O5S/c1-4-11(5-2,9(14)15)13-10(16)12-7-8-19(17,18)6-3/h4-8H2,1-3H3,(H,14,15)(H2,12,13,16). The van der Waals surface area contributed by atoms with E-state index in [9.17, 15) is 18.0 Å². The van der Waals surface area contributed by atoms with Crippen LogP contribution in [0, 0.1) is 0 Å². The Morgan fingerprint density at radius 2 is 1.68 bits per heavy atom. The van der Waals surface area contributed by atoms with E-state index in [1.165, 1.54) is 6.92 Å². The molecule has 112 valence electrons. The zero-order valence-electron chi connectivity index (χ0n) is 11.5. The fourth-order valence-corrected chi connectivity index (χ4v) is 2.21. The van der Waals surface area contributed by atoms with Crippen molar-refractivity contribution in [2.45, 2.75) is 39.2 Å². The summed E-state index contributed by atoms with van der Waals surface area (Å²) >= 11 is 0. The van der Waals surface area contributed by atoms with Crippen LogP contribution in [-0.2, 0) is 14.6 Å². The average Bonchev–Trinajstić information content (AvgIpc) is 2.35. The topological polar surface area (TPSA) is 113 Å². The van der Waals surface area contributed by atoms with Crippen LogP contribution in [0.4, 0.5) is 4.79 Å². The van der Waals surface area contributed by atoms with Gasteiger partial charge in [-0.05, 0) is 12.8 Å². The molecule has 3 N–H and O–H groups in total. The normalized spacial score (nSPS) is 11.9. The monoisotopic (exact) mass is 294 g/mol. The predicted molar refractivity (Wildman–Crippen MR) is 71.8 cm³/mol. The van der Waals surface area contributed by atoms with Crippen molar-refractivity contribution < 1.29 is 23.1 Å². The predicted octanol–water partition coefficient (Wildman–Crippen LogP) is 0.364. The first kappa shape index (κ1) is 17.7. The lowest BCUT2D eigenvalue weighted by Gasteiger charge is -2.28. The van der Waals surface area contributed by atoms with Gasteiger partial charge in [-0.2, -0.15) is 0 Å². The summed E-state index contributed by atoms with van der Waals surface area (Å²) < 4.78 is 22.4. The molecule has 8 heteroatoms. The molecule has 0 radical (unpaired) electrons. The summed E-state index contributed by atoms with van der Waals surface area (Å²) in [5.41, 5.74) is -1.31. The molecule has 0 aliphatic rings. The molecule has 0 spiro atoms. The average molecular weight is 294 g/mol. The number of sulfone groups is 1. The minimum absolute atomic E-state index is 0.0132. The van der Waals surface area contributed by atoms with E-state index in [2.05, 4.69) is 10.6 Å². The second-order valence-electron chi connectivity index (χ2n) is 4.21. The SMILES string of the molecule is CCC(CC)(NC(=O)NCCS(=O)(=O)CC)C(=O)O. The molecule has 0 heterocycles. The molecule has 0 atom stereocenters. The highest BCUT2D eigenvalue weighted by molar-refractivity contribution is 7.91. The zero-order valence-corrected chi connectivity index (χ0v) is 12.3. The van der Waals surface area contributed by atoms with E-state index in [1.807, 2.05) is 0 Å².